The molecule has 6 nitrogen and oxygen atoms in total. The second kappa shape index (κ2) is 6.81. The highest BCUT2D eigenvalue weighted by atomic mass is 16.3. The summed E-state index contributed by atoms with van der Waals surface area (Å²) in [6.45, 7) is 1.53. The summed E-state index contributed by atoms with van der Waals surface area (Å²) in [6.07, 6.45) is 7.88. The third-order valence-electron chi connectivity index (χ3n) is 5.03. The van der Waals surface area contributed by atoms with E-state index < -0.39 is 0 Å². The fourth-order valence-corrected chi connectivity index (χ4v) is 3.60. The standard InChI is InChI=1S/C22H18N4O2/c27-21-19-16(7-8-18-6-3-13-28-18)9-11-23-20(19)24-22(25-21)26-12-10-15-4-1-2-5-17(15)14-26/h1-9,11,13H,10,12,14H2,(H,23,24,25,27)/b8-7+. The van der Waals surface area contributed by atoms with Crippen LogP contribution in [0.1, 0.15) is 22.5 Å². The number of nitrogens with zero attached hydrogens (tertiary/aromatic N) is 3. The van der Waals surface area contributed by atoms with Gasteiger partial charge in [-0.3, -0.25) is 9.78 Å². The first-order valence-corrected chi connectivity index (χ1v) is 9.20. The van der Waals surface area contributed by atoms with Gasteiger partial charge < -0.3 is 9.32 Å². The van der Waals surface area contributed by atoms with Crippen molar-refractivity contribution in [3.05, 3.63) is 87.7 Å². The molecule has 0 bridgehead atoms. The fraction of sp³-hybridized carbons (Fsp3) is 0.136. The summed E-state index contributed by atoms with van der Waals surface area (Å²) in [5, 5.41) is 0.478. The lowest BCUT2D eigenvalue weighted by atomic mass is 10.0. The smallest absolute Gasteiger partial charge is 0.262 e. The van der Waals surface area contributed by atoms with E-state index in [2.05, 4.69) is 38.1 Å². The lowest BCUT2D eigenvalue weighted by Crippen LogP contribution is -2.33. The van der Waals surface area contributed by atoms with Crippen LogP contribution in [0.15, 0.2) is 64.1 Å². The molecule has 0 saturated carbocycles. The van der Waals surface area contributed by atoms with E-state index in [0.717, 1.165) is 30.8 Å². The van der Waals surface area contributed by atoms with Crippen molar-refractivity contribution in [1.29, 1.82) is 0 Å². The molecular formula is C22H18N4O2. The van der Waals surface area contributed by atoms with E-state index in [1.165, 1.54) is 11.1 Å². The molecule has 0 atom stereocenters. The predicted molar refractivity (Wildman–Crippen MR) is 109 cm³/mol. The van der Waals surface area contributed by atoms with Gasteiger partial charge in [-0.1, -0.05) is 30.3 Å². The van der Waals surface area contributed by atoms with Gasteiger partial charge in [-0.25, -0.2) is 4.98 Å². The number of benzene rings is 1. The Morgan fingerprint density at radius 3 is 2.82 bits per heavy atom. The van der Waals surface area contributed by atoms with Crippen LogP contribution in [-0.2, 0) is 13.0 Å². The van der Waals surface area contributed by atoms with Gasteiger partial charge in [0.15, 0.2) is 5.65 Å². The molecule has 0 fully saturated rings. The first-order chi connectivity index (χ1) is 13.8. The number of hydrogen-bond acceptors (Lipinski definition) is 5. The van der Waals surface area contributed by atoms with Gasteiger partial charge in [0, 0.05) is 19.3 Å². The van der Waals surface area contributed by atoms with E-state index in [4.69, 9.17) is 4.42 Å². The molecule has 138 valence electrons. The zero-order valence-electron chi connectivity index (χ0n) is 15.1. The van der Waals surface area contributed by atoms with Crippen LogP contribution in [0.5, 0.6) is 0 Å². The Kier molecular flexibility index (Phi) is 4.01. The minimum atomic E-state index is -0.189. The monoisotopic (exact) mass is 370 g/mol. The molecule has 1 aliphatic heterocycles. The molecule has 1 aliphatic rings. The number of furan rings is 1. The minimum Gasteiger partial charge on any atom is -0.465 e. The van der Waals surface area contributed by atoms with Crippen molar-refractivity contribution in [2.75, 3.05) is 11.4 Å². The molecule has 5 rings (SSSR count). The third-order valence-corrected chi connectivity index (χ3v) is 5.03. The lowest BCUT2D eigenvalue weighted by Gasteiger charge is -2.29. The normalized spacial score (nSPS) is 13.9. The number of nitrogens with one attached hydrogen (secondary N) is 1. The van der Waals surface area contributed by atoms with Gasteiger partial charge in [-0.2, -0.15) is 4.98 Å². The minimum absolute atomic E-state index is 0.189. The van der Waals surface area contributed by atoms with E-state index in [0.29, 0.717) is 17.0 Å². The quantitative estimate of drug-likeness (QED) is 0.596. The lowest BCUT2D eigenvalue weighted by molar-refractivity contribution is 0.557. The Morgan fingerprint density at radius 2 is 1.96 bits per heavy atom. The Morgan fingerprint density at radius 1 is 1.07 bits per heavy atom. The summed E-state index contributed by atoms with van der Waals surface area (Å²) < 4.78 is 5.31. The molecular weight excluding hydrogens is 352 g/mol. The van der Waals surface area contributed by atoms with Gasteiger partial charge in [0.25, 0.3) is 5.56 Å². The maximum atomic E-state index is 12.9. The van der Waals surface area contributed by atoms with Crippen molar-refractivity contribution < 1.29 is 4.42 Å². The summed E-state index contributed by atoms with van der Waals surface area (Å²) >= 11 is 0. The molecule has 6 heteroatoms. The molecule has 3 aromatic heterocycles. The van der Waals surface area contributed by atoms with Crippen LogP contribution < -0.4 is 10.5 Å². The average Bonchev–Trinajstić information content (AvgIpc) is 3.25. The summed E-state index contributed by atoms with van der Waals surface area (Å²) in [4.78, 5) is 26.9. The van der Waals surface area contributed by atoms with E-state index in [1.807, 2.05) is 30.4 Å². The van der Waals surface area contributed by atoms with Gasteiger partial charge >= 0.3 is 0 Å². The number of H-pyrrole nitrogens is 1. The molecule has 28 heavy (non-hydrogen) atoms. The van der Waals surface area contributed by atoms with Gasteiger partial charge in [0.2, 0.25) is 5.95 Å². The second-order valence-corrected chi connectivity index (χ2v) is 6.78. The number of aromatic amines is 1. The number of hydrogen-bond donors (Lipinski definition) is 1. The van der Waals surface area contributed by atoms with Crippen LogP contribution in [0.4, 0.5) is 5.95 Å². The van der Waals surface area contributed by atoms with Gasteiger partial charge in [0.1, 0.15) is 5.76 Å². The van der Waals surface area contributed by atoms with Crippen molar-refractivity contribution >= 4 is 29.1 Å². The maximum absolute atomic E-state index is 12.9. The summed E-state index contributed by atoms with van der Waals surface area (Å²) in [5.41, 5.74) is 3.63. The Hall–Kier alpha value is -3.67. The van der Waals surface area contributed by atoms with Crippen molar-refractivity contribution in [3.63, 3.8) is 0 Å². The highest BCUT2D eigenvalue weighted by molar-refractivity contribution is 5.87. The molecule has 1 aromatic carbocycles. The Labute approximate surface area is 161 Å². The van der Waals surface area contributed by atoms with Crippen LogP contribution in [0.2, 0.25) is 0 Å². The largest absolute Gasteiger partial charge is 0.465 e. The van der Waals surface area contributed by atoms with Gasteiger partial charge in [0.05, 0.1) is 11.6 Å². The Balaban J connectivity index is 1.52. The van der Waals surface area contributed by atoms with Crippen LogP contribution in [0, 0.1) is 0 Å². The molecule has 0 saturated heterocycles. The maximum Gasteiger partial charge on any atom is 0.262 e. The SMILES string of the molecule is O=c1[nH]c(N2CCc3ccccc3C2)nc2nccc(/C=C/c3ccco3)c12. The predicted octanol–water partition coefficient (Wildman–Crippen LogP) is 3.64. The van der Waals surface area contributed by atoms with Gasteiger partial charge in [-0.15, -0.1) is 0 Å². The third kappa shape index (κ3) is 2.99. The number of fused-ring (bicyclic) bond motifs is 2. The molecule has 4 heterocycles. The summed E-state index contributed by atoms with van der Waals surface area (Å²) in [7, 11) is 0. The van der Waals surface area contributed by atoms with Crippen molar-refractivity contribution in [2.45, 2.75) is 13.0 Å². The van der Waals surface area contributed by atoms with Crippen LogP contribution in [-0.4, -0.2) is 21.5 Å². The van der Waals surface area contributed by atoms with E-state index in [-0.39, 0.29) is 5.56 Å². The molecule has 4 aromatic rings. The zero-order valence-corrected chi connectivity index (χ0v) is 15.1. The van der Waals surface area contributed by atoms with Crippen molar-refractivity contribution in [3.8, 4) is 0 Å². The molecule has 1 N–H and O–H groups in total. The Bertz CT molecular complexity index is 1230. The summed E-state index contributed by atoms with van der Waals surface area (Å²) in [5.74, 6) is 1.28. The van der Waals surface area contributed by atoms with Crippen LogP contribution >= 0.6 is 0 Å². The molecule has 0 aliphatic carbocycles. The number of anilines is 1. The number of rotatable bonds is 3. The first kappa shape index (κ1) is 16.5. The molecule has 0 spiro atoms. The fourth-order valence-electron chi connectivity index (χ4n) is 3.60. The molecule has 0 radical (unpaired) electrons. The average molecular weight is 370 g/mol. The van der Waals surface area contributed by atoms with E-state index >= 15 is 0 Å². The number of aromatic nitrogens is 3. The van der Waals surface area contributed by atoms with Crippen LogP contribution in [0.25, 0.3) is 23.2 Å². The second-order valence-electron chi connectivity index (χ2n) is 6.78. The zero-order chi connectivity index (χ0) is 18.9. The first-order valence-electron chi connectivity index (χ1n) is 9.20. The van der Waals surface area contributed by atoms with E-state index in [9.17, 15) is 4.79 Å². The summed E-state index contributed by atoms with van der Waals surface area (Å²) in [6, 6.07) is 13.9. The highest BCUT2D eigenvalue weighted by Crippen LogP contribution is 2.23. The molecule has 0 amide bonds. The van der Waals surface area contributed by atoms with Crippen molar-refractivity contribution in [2.24, 2.45) is 0 Å². The van der Waals surface area contributed by atoms with E-state index in [1.54, 1.807) is 18.5 Å². The van der Waals surface area contributed by atoms with Gasteiger partial charge in [-0.05, 0) is 47.4 Å². The number of pyridine rings is 1. The highest BCUT2D eigenvalue weighted by Gasteiger charge is 2.19. The van der Waals surface area contributed by atoms with Crippen LogP contribution in [0.3, 0.4) is 0 Å². The molecule has 0 unspecified atom stereocenters. The topological polar surface area (TPSA) is 75.0 Å². The van der Waals surface area contributed by atoms with Crippen molar-refractivity contribution in [1.82, 2.24) is 15.0 Å².